The standard InChI is InChI=1S/C10H10ClF2NO2/c1-16-10(15)4-9(14)5-2-7(12)8(13)3-6(5)11/h2-3,9H,4,14H2,1H3/t9-/m0/s1. The Morgan fingerprint density at radius 2 is 2.06 bits per heavy atom. The summed E-state index contributed by atoms with van der Waals surface area (Å²) in [5.74, 6) is -2.66. The molecular formula is C10H10ClF2NO2. The predicted octanol–water partition coefficient (Wildman–Crippen LogP) is 2.18. The average Bonchev–Trinajstić information content (AvgIpc) is 2.23. The summed E-state index contributed by atoms with van der Waals surface area (Å²) < 4.78 is 30.1. The van der Waals surface area contributed by atoms with E-state index in [0.717, 1.165) is 12.1 Å². The van der Waals surface area contributed by atoms with Gasteiger partial charge in [0.05, 0.1) is 13.5 Å². The fourth-order valence-corrected chi connectivity index (χ4v) is 1.49. The maximum atomic E-state index is 12.9. The number of benzene rings is 1. The zero-order valence-corrected chi connectivity index (χ0v) is 9.22. The van der Waals surface area contributed by atoms with Crippen LogP contribution in [-0.4, -0.2) is 13.1 Å². The lowest BCUT2D eigenvalue weighted by atomic mass is 10.0. The van der Waals surface area contributed by atoms with E-state index >= 15 is 0 Å². The van der Waals surface area contributed by atoms with Gasteiger partial charge in [0.2, 0.25) is 0 Å². The van der Waals surface area contributed by atoms with Crippen LogP contribution < -0.4 is 5.73 Å². The molecule has 1 aromatic rings. The molecule has 88 valence electrons. The van der Waals surface area contributed by atoms with Crippen LogP contribution in [0, 0.1) is 11.6 Å². The van der Waals surface area contributed by atoms with Crippen LogP contribution in [0.15, 0.2) is 12.1 Å². The molecule has 0 amide bonds. The fraction of sp³-hybridized carbons (Fsp3) is 0.300. The average molecular weight is 250 g/mol. The first kappa shape index (κ1) is 12.9. The predicted molar refractivity (Wildman–Crippen MR) is 54.9 cm³/mol. The highest BCUT2D eigenvalue weighted by molar-refractivity contribution is 6.31. The molecule has 0 saturated carbocycles. The van der Waals surface area contributed by atoms with Crippen molar-refractivity contribution < 1.29 is 18.3 Å². The molecule has 1 atom stereocenters. The highest BCUT2D eigenvalue weighted by Gasteiger charge is 2.17. The van der Waals surface area contributed by atoms with Gasteiger partial charge in [0.15, 0.2) is 11.6 Å². The van der Waals surface area contributed by atoms with E-state index in [1.54, 1.807) is 0 Å². The van der Waals surface area contributed by atoms with E-state index in [1.807, 2.05) is 0 Å². The minimum atomic E-state index is -1.06. The first-order valence-electron chi connectivity index (χ1n) is 4.42. The molecule has 0 aliphatic rings. The number of methoxy groups -OCH3 is 1. The molecule has 2 N–H and O–H groups in total. The Hall–Kier alpha value is -1.20. The Morgan fingerprint density at radius 3 is 2.62 bits per heavy atom. The highest BCUT2D eigenvalue weighted by atomic mass is 35.5. The van der Waals surface area contributed by atoms with Gasteiger partial charge in [-0.1, -0.05) is 11.6 Å². The summed E-state index contributed by atoms with van der Waals surface area (Å²) in [6.07, 6.45) is -0.151. The van der Waals surface area contributed by atoms with Crippen molar-refractivity contribution in [1.29, 1.82) is 0 Å². The number of ether oxygens (including phenoxy) is 1. The summed E-state index contributed by atoms with van der Waals surface area (Å²) in [5.41, 5.74) is 5.79. The van der Waals surface area contributed by atoms with Crippen LogP contribution in [0.25, 0.3) is 0 Å². The number of hydrogen-bond donors (Lipinski definition) is 1. The molecule has 1 rings (SSSR count). The van der Waals surface area contributed by atoms with Crippen molar-refractivity contribution in [2.75, 3.05) is 7.11 Å². The quantitative estimate of drug-likeness (QED) is 0.660. The van der Waals surface area contributed by atoms with Gasteiger partial charge >= 0.3 is 5.97 Å². The summed E-state index contributed by atoms with van der Waals surface area (Å²) in [6, 6.07) is 0.879. The zero-order valence-electron chi connectivity index (χ0n) is 8.47. The minimum Gasteiger partial charge on any atom is -0.469 e. The molecule has 16 heavy (non-hydrogen) atoms. The van der Waals surface area contributed by atoms with E-state index in [0.29, 0.717) is 0 Å². The number of halogens is 3. The number of esters is 1. The van der Waals surface area contributed by atoms with Crippen molar-refractivity contribution in [1.82, 2.24) is 0 Å². The van der Waals surface area contributed by atoms with Crippen LogP contribution >= 0.6 is 11.6 Å². The van der Waals surface area contributed by atoms with Crippen molar-refractivity contribution in [3.63, 3.8) is 0 Å². The third-order valence-corrected chi connectivity index (χ3v) is 2.38. The first-order chi connectivity index (χ1) is 7.45. The van der Waals surface area contributed by atoms with Crippen LogP contribution in [0.2, 0.25) is 5.02 Å². The van der Waals surface area contributed by atoms with Gasteiger partial charge < -0.3 is 10.5 Å². The first-order valence-corrected chi connectivity index (χ1v) is 4.80. The van der Waals surface area contributed by atoms with Crippen LogP contribution in [0.1, 0.15) is 18.0 Å². The molecule has 0 radical (unpaired) electrons. The van der Waals surface area contributed by atoms with Gasteiger partial charge in [-0.15, -0.1) is 0 Å². The van der Waals surface area contributed by atoms with Gasteiger partial charge in [0.25, 0.3) is 0 Å². The summed E-state index contributed by atoms with van der Waals surface area (Å²) in [7, 11) is 1.21. The topological polar surface area (TPSA) is 52.3 Å². The monoisotopic (exact) mass is 249 g/mol. The van der Waals surface area contributed by atoms with Gasteiger partial charge in [0, 0.05) is 11.1 Å². The number of carbonyl (C=O) groups is 1. The maximum Gasteiger partial charge on any atom is 0.307 e. The van der Waals surface area contributed by atoms with E-state index < -0.39 is 23.6 Å². The van der Waals surface area contributed by atoms with Crippen molar-refractivity contribution in [3.8, 4) is 0 Å². The maximum absolute atomic E-state index is 12.9. The molecule has 0 aromatic heterocycles. The van der Waals surface area contributed by atoms with E-state index in [4.69, 9.17) is 17.3 Å². The summed E-state index contributed by atoms with van der Waals surface area (Å²) >= 11 is 5.68. The zero-order chi connectivity index (χ0) is 12.3. The van der Waals surface area contributed by atoms with Crippen LogP contribution in [-0.2, 0) is 9.53 Å². The summed E-state index contributed by atoms with van der Waals surface area (Å²) in [6.45, 7) is 0. The van der Waals surface area contributed by atoms with Crippen molar-refractivity contribution in [2.45, 2.75) is 12.5 Å². The number of carbonyl (C=O) groups excluding carboxylic acids is 1. The third-order valence-electron chi connectivity index (χ3n) is 2.05. The smallest absolute Gasteiger partial charge is 0.307 e. The highest BCUT2D eigenvalue weighted by Crippen LogP contribution is 2.26. The Bertz CT molecular complexity index is 412. The second kappa shape index (κ2) is 5.23. The number of hydrogen-bond acceptors (Lipinski definition) is 3. The summed E-state index contributed by atoms with van der Waals surface area (Å²) in [4.78, 5) is 10.9. The molecule has 0 saturated heterocycles. The molecule has 0 fully saturated rings. The lowest BCUT2D eigenvalue weighted by molar-refractivity contribution is -0.141. The SMILES string of the molecule is COC(=O)C[C@H](N)c1cc(F)c(F)cc1Cl. The van der Waals surface area contributed by atoms with Crippen LogP contribution in [0.4, 0.5) is 8.78 Å². The Kier molecular flexibility index (Phi) is 4.20. The molecule has 0 aliphatic carbocycles. The molecule has 1 aromatic carbocycles. The largest absolute Gasteiger partial charge is 0.469 e. The van der Waals surface area contributed by atoms with Gasteiger partial charge in [0.1, 0.15) is 0 Å². The third kappa shape index (κ3) is 2.90. The molecule has 0 bridgehead atoms. The summed E-state index contributed by atoms with van der Waals surface area (Å²) in [5, 5.41) is -0.0182. The van der Waals surface area contributed by atoms with Crippen molar-refractivity contribution in [2.24, 2.45) is 5.73 Å². The molecule has 6 heteroatoms. The molecule has 0 unspecified atom stereocenters. The second-order valence-electron chi connectivity index (χ2n) is 3.17. The van der Waals surface area contributed by atoms with Gasteiger partial charge in [-0.25, -0.2) is 8.78 Å². The number of rotatable bonds is 3. The van der Waals surface area contributed by atoms with E-state index in [1.165, 1.54) is 7.11 Å². The Balaban J connectivity index is 2.95. The van der Waals surface area contributed by atoms with E-state index in [2.05, 4.69) is 4.74 Å². The van der Waals surface area contributed by atoms with Gasteiger partial charge in [-0.2, -0.15) is 0 Å². The van der Waals surface area contributed by atoms with Gasteiger partial charge in [-0.05, 0) is 17.7 Å². The molecular weight excluding hydrogens is 240 g/mol. The normalized spacial score (nSPS) is 12.3. The molecule has 0 heterocycles. The van der Waals surface area contributed by atoms with Crippen LogP contribution in [0.3, 0.4) is 0 Å². The fourth-order valence-electron chi connectivity index (χ4n) is 1.19. The van der Waals surface area contributed by atoms with Crippen molar-refractivity contribution >= 4 is 17.6 Å². The van der Waals surface area contributed by atoms with Gasteiger partial charge in [-0.3, -0.25) is 4.79 Å². The lowest BCUT2D eigenvalue weighted by Crippen LogP contribution is -2.17. The molecule has 0 spiro atoms. The molecule has 3 nitrogen and oxygen atoms in total. The second-order valence-corrected chi connectivity index (χ2v) is 3.58. The Morgan fingerprint density at radius 1 is 1.50 bits per heavy atom. The van der Waals surface area contributed by atoms with E-state index in [9.17, 15) is 13.6 Å². The molecule has 0 aliphatic heterocycles. The van der Waals surface area contributed by atoms with Crippen molar-refractivity contribution in [3.05, 3.63) is 34.4 Å². The van der Waals surface area contributed by atoms with Crippen LogP contribution in [0.5, 0.6) is 0 Å². The number of nitrogens with two attached hydrogens (primary N) is 1. The minimum absolute atomic E-state index is 0.0182. The van der Waals surface area contributed by atoms with E-state index in [-0.39, 0.29) is 17.0 Å². The lowest BCUT2D eigenvalue weighted by Gasteiger charge is -2.12. The Labute approximate surface area is 96.1 Å².